The fourth-order valence-electron chi connectivity index (χ4n) is 13.8. The van der Waals surface area contributed by atoms with Crippen LogP contribution in [0.1, 0.15) is 145 Å². The Morgan fingerprint density at radius 3 is 2.28 bits per heavy atom. The second-order valence-electron chi connectivity index (χ2n) is 21.2. The number of ketones is 1. The number of hydrogen-bond donors (Lipinski definition) is 3. The van der Waals surface area contributed by atoms with E-state index in [1.54, 1.807) is 38.1 Å². The number of nitrogens with zero attached hydrogens (tertiary/aromatic N) is 2. The first-order valence-corrected chi connectivity index (χ1v) is 22.2. The maximum absolute atomic E-state index is 14.3. The molecule has 0 saturated heterocycles. The zero-order valence-corrected chi connectivity index (χ0v) is 37.7. The zero-order valence-electron chi connectivity index (χ0n) is 37.0. The number of aliphatic hydroxyl groups excluding tert-OH is 1. The van der Waals surface area contributed by atoms with Gasteiger partial charge in [-0.05, 0) is 137 Å². The van der Waals surface area contributed by atoms with Crippen molar-refractivity contribution in [1.29, 1.82) is 0 Å². The number of aromatic nitrogens is 1. The number of rotatable bonds is 12. The monoisotopic (exact) mass is 823 g/mol. The van der Waals surface area contributed by atoms with Gasteiger partial charge in [0, 0.05) is 30.0 Å². The minimum atomic E-state index is -1.19. The smallest absolute Gasteiger partial charge is 0.309 e. The van der Waals surface area contributed by atoms with Gasteiger partial charge in [0.2, 0.25) is 5.91 Å². The molecule has 1 aromatic rings. The average molecular weight is 825 g/mol. The molecule has 0 radical (unpaired) electrons. The number of allylic oxidation sites excluding steroid dienone is 1. The molecular weight excluding hydrogens is 754 g/mol. The summed E-state index contributed by atoms with van der Waals surface area (Å²) in [6.07, 6.45) is 7.66. The van der Waals surface area contributed by atoms with E-state index >= 15 is 0 Å². The molecule has 1 heterocycles. The number of aliphatic carboxylic acids is 1. The van der Waals surface area contributed by atoms with E-state index in [0.29, 0.717) is 29.0 Å². The van der Waals surface area contributed by atoms with Crippen LogP contribution in [-0.2, 0) is 23.9 Å². The Labute approximate surface area is 351 Å². The molecular formula is C47H70ClN3O7. The summed E-state index contributed by atoms with van der Waals surface area (Å²) in [6, 6.07) is 3.17. The van der Waals surface area contributed by atoms with Crippen LogP contribution < -0.4 is 5.32 Å². The first-order valence-electron chi connectivity index (χ1n) is 21.9. The molecule has 1 amide bonds. The first kappa shape index (κ1) is 44.7. The molecule has 2 unspecified atom stereocenters. The number of esters is 1. The molecule has 5 aliphatic carbocycles. The van der Waals surface area contributed by atoms with Crippen molar-refractivity contribution in [1.82, 2.24) is 15.2 Å². The highest BCUT2D eigenvalue weighted by Crippen LogP contribution is 2.77. The number of fused-ring (bicyclic) bond motifs is 7. The van der Waals surface area contributed by atoms with Crippen LogP contribution in [-0.4, -0.2) is 76.1 Å². The maximum atomic E-state index is 14.3. The summed E-state index contributed by atoms with van der Waals surface area (Å²) < 4.78 is 6.18. The molecule has 58 heavy (non-hydrogen) atoms. The van der Waals surface area contributed by atoms with Crippen LogP contribution in [0.15, 0.2) is 29.5 Å². The topological polar surface area (TPSA) is 146 Å². The van der Waals surface area contributed by atoms with Gasteiger partial charge >= 0.3 is 11.9 Å². The van der Waals surface area contributed by atoms with Gasteiger partial charge in [-0.2, -0.15) is 0 Å². The van der Waals surface area contributed by atoms with Crippen molar-refractivity contribution >= 4 is 35.2 Å². The van der Waals surface area contributed by atoms with Crippen molar-refractivity contribution in [2.24, 2.45) is 56.2 Å². The Morgan fingerprint density at radius 2 is 1.67 bits per heavy atom. The van der Waals surface area contributed by atoms with Gasteiger partial charge in [-0.15, -0.1) is 0 Å². The molecule has 0 spiro atoms. The van der Waals surface area contributed by atoms with Crippen LogP contribution in [0.2, 0.25) is 5.02 Å². The van der Waals surface area contributed by atoms with Gasteiger partial charge in [0.25, 0.3) is 0 Å². The first-order chi connectivity index (χ1) is 26.9. The Bertz CT molecular complexity index is 1830. The quantitative estimate of drug-likeness (QED) is 0.177. The normalized spacial score (nSPS) is 35.3. The number of Topliss-reactive ketones (excluding diaryl/α,β-unsaturated/α-hetero) is 1. The number of amides is 1. The standard InChI is InChI=1S/C47H70ClN3O7/c1-27(2)39-32(52)22-47(35(53)26-51(37(54)25-49-11)28(3)31-14-12-29(48)24-50-31)21-20-45(9)30(40(39)47)13-15-34-44(8)18-17-36(58-38(55)23-42(4,5)41(56)57)43(6,7)33(44)16-19-46(34,45)10/h12,14,24,27-28,30,33-36,49,53H,13,15-23,25-26H2,1-11H3,(H,56,57)/t28?,30-,33+,34-,35?,36+,44+,45-,46-,47+/m1/s1. The highest BCUT2D eigenvalue weighted by atomic mass is 35.5. The van der Waals surface area contributed by atoms with Gasteiger partial charge in [-0.25, -0.2) is 0 Å². The van der Waals surface area contributed by atoms with E-state index in [1.165, 1.54) is 5.57 Å². The van der Waals surface area contributed by atoms with Crippen LogP contribution in [0.5, 0.6) is 0 Å². The molecule has 4 fully saturated rings. The third kappa shape index (κ3) is 7.06. The molecule has 10 nitrogen and oxygen atoms in total. The van der Waals surface area contributed by atoms with Gasteiger partial charge in [-0.3, -0.25) is 24.2 Å². The number of hydrogen-bond acceptors (Lipinski definition) is 8. The van der Waals surface area contributed by atoms with Gasteiger partial charge in [0.15, 0.2) is 5.78 Å². The highest BCUT2D eigenvalue weighted by molar-refractivity contribution is 6.30. The van der Waals surface area contributed by atoms with E-state index in [9.17, 15) is 29.4 Å². The van der Waals surface area contributed by atoms with Gasteiger partial charge < -0.3 is 25.2 Å². The number of likely N-dealkylation sites (N-methyl/N-ethyl adjacent to an activating group) is 1. The number of carboxylic acids is 1. The minimum absolute atomic E-state index is 0.00252. The summed E-state index contributed by atoms with van der Waals surface area (Å²) >= 11 is 6.17. The average Bonchev–Trinajstić information content (AvgIpc) is 3.45. The highest BCUT2D eigenvalue weighted by Gasteiger charge is 2.71. The van der Waals surface area contributed by atoms with Crippen LogP contribution in [0.3, 0.4) is 0 Å². The van der Waals surface area contributed by atoms with Crippen LogP contribution in [0.25, 0.3) is 0 Å². The molecule has 0 aromatic carbocycles. The Hall–Kier alpha value is -2.82. The van der Waals surface area contributed by atoms with Gasteiger partial charge in [0.05, 0.1) is 41.2 Å². The molecule has 11 heteroatoms. The molecule has 5 aliphatic rings. The fourth-order valence-corrected chi connectivity index (χ4v) is 13.9. The largest absolute Gasteiger partial charge is 0.481 e. The third-order valence-corrected chi connectivity index (χ3v) is 17.4. The molecule has 4 saturated carbocycles. The lowest BCUT2D eigenvalue weighted by Crippen LogP contribution is -2.66. The number of aliphatic hydroxyl groups is 1. The third-order valence-electron chi connectivity index (χ3n) is 17.2. The summed E-state index contributed by atoms with van der Waals surface area (Å²) in [6.45, 7) is 21.5. The summed E-state index contributed by atoms with van der Waals surface area (Å²) in [7, 11) is 1.74. The van der Waals surface area contributed by atoms with Crippen molar-refractivity contribution in [3.05, 3.63) is 40.2 Å². The molecule has 3 N–H and O–H groups in total. The predicted molar refractivity (Wildman–Crippen MR) is 225 cm³/mol. The molecule has 0 bridgehead atoms. The summed E-state index contributed by atoms with van der Waals surface area (Å²) in [5.41, 5.74) is 0.359. The number of pyridine rings is 1. The van der Waals surface area contributed by atoms with Gasteiger partial charge in [0.1, 0.15) is 6.10 Å². The van der Waals surface area contributed by atoms with Crippen LogP contribution in [0.4, 0.5) is 0 Å². The van der Waals surface area contributed by atoms with E-state index in [-0.39, 0.29) is 77.2 Å². The summed E-state index contributed by atoms with van der Waals surface area (Å²) in [5, 5.41) is 25.8. The summed E-state index contributed by atoms with van der Waals surface area (Å²) in [4.78, 5) is 59.3. The number of halogens is 1. The van der Waals surface area contributed by atoms with Crippen molar-refractivity contribution in [3.63, 3.8) is 0 Å². The van der Waals surface area contributed by atoms with Crippen LogP contribution >= 0.6 is 11.6 Å². The van der Waals surface area contributed by atoms with Gasteiger partial charge in [-0.1, -0.05) is 65.6 Å². The number of carbonyl (C=O) groups excluding carboxylic acids is 3. The Morgan fingerprint density at radius 1 is 0.983 bits per heavy atom. The summed E-state index contributed by atoms with van der Waals surface area (Å²) in [5.74, 6) is -0.583. The van der Waals surface area contributed by atoms with Crippen LogP contribution in [0, 0.1) is 56.2 Å². The van der Waals surface area contributed by atoms with E-state index in [2.05, 4.69) is 58.8 Å². The number of carbonyl (C=O) groups is 4. The van der Waals surface area contributed by atoms with Crippen molar-refractivity contribution in [2.45, 2.75) is 152 Å². The van der Waals surface area contributed by atoms with E-state index in [1.807, 2.05) is 13.0 Å². The molecule has 6 rings (SSSR count). The lowest BCUT2D eigenvalue weighted by molar-refractivity contribution is -0.235. The molecule has 10 atom stereocenters. The molecule has 0 aliphatic heterocycles. The van der Waals surface area contributed by atoms with E-state index in [0.717, 1.165) is 50.5 Å². The minimum Gasteiger partial charge on any atom is -0.481 e. The lowest BCUT2D eigenvalue weighted by Gasteiger charge is -2.72. The van der Waals surface area contributed by atoms with E-state index in [4.69, 9.17) is 16.3 Å². The Kier molecular flexibility index (Phi) is 12.0. The molecule has 1 aromatic heterocycles. The number of carboxylic acid groups (broad SMARTS) is 1. The lowest BCUT2D eigenvalue weighted by atomic mass is 9.33. The maximum Gasteiger partial charge on any atom is 0.309 e. The van der Waals surface area contributed by atoms with Crippen molar-refractivity contribution in [3.8, 4) is 0 Å². The van der Waals surface area contributed by atoms with Crippen molar-refractivity contribution < 1.29 is 34.1 Å². The fraction of sp³-hybridized carbons (Fsp3) is 0.766. The number of ether oxygens (including phenoxy) is 1. The SMILES string of the molecule is CNCC(=O)N(CC(O)[C@@]12CC[C@]3(C)[C@H](CC[C@@H]4[C@@]5(C)CC[C@H](OC(=O)CC(C)(C)C(=O)O)C(C)(C)[C@@H]5CC[C@]43C)C1=C(C(C)C)C(=O)C2)C(C)c1ccc(Cl)cn1. The predicted octanol–water partition coefficient (Wildman–Crippen LogP) is 8.60. The second-order valence-corrected chi connectivity index (χ2v) is 21.7. The van der Waals surface area contributed by atoms with Crippen molar-refractivity contribution in [2.75, 3.05) is 20.1 Å². The zero-order chi connectivity index (χ0) is 43.0. The Balaban J connectivity index is 1.31. The molecule has 322 valence electrons. The van der Waals surface area contributed by atoms with E-state index < -0.39 is 34.9 Å². The number of nitrogens with one attached hydrogen (secondary N) is 1. The second kappa shape index (κ2) is 15.6.